The molecule has 0 radical (unpaired) electrons. The molecule has 0 unspecified atom stereocenters. The Morgan fingerprint density at radius 2 is 1.52 bits per heavy atom. The first kappa shape index (κ1) is 16.6. The number of nitrogens with two attached hydrogens (primary N) is 1. The largest absolute Gasteiger partial charge is 0.458 e. The zero-order valence-electron chi connectivity index (χ0n) is 13.7. The van der Waals surface area contributed by atoms with Crippen LogP contribution in [0, 0.1) is 6.92 Å². The number of ether oxygens (including phenoxy) is 1. The van der Waals surface area contributed by atoms with Crippen molar-refractivity contribution in [2.24, 2.45) is 0 Å². The van der Waals surface area contributed by atoms with Gasteiger partial charge < -0.3 is 10.5 Å². The van der Waals surface area contributed by atoms with Crippen LogP contribution in [-0.4, -0.2) is 0 Å². The molecule has 2 N–H and O–H groups in total. The van der Waals surface area contributed by atoms with E-state index in [1.807, 2.05) is 67.6 Å². The lowest BCUT2D eigenvalue weighted by atomic mass is 10.2. The van der Waals surface area contributed by atoms with Crippen molar-refractivity contribution in [2.45, 2.75) is 20.3 Å². The van der Waals surface area contributed by atoms with E-state index in [0.717, 1.165) is 23.6 Å². The smallest absolute Gasteiger partial charge is 0.127 e. The summed E-state index contributed by atoms with van der Waals surface area (Å²) in [6, 6.07) is 17.6. The minimum absolute atomic E-state index is 0.829. The highest BCUT2D eigenvalue weighted by Crippen LogP contribution is 2.16. The third kappa shape index (κ3) is 6.27. The highest BCUT2D eigenvalue weighted by atomic mass is 16.5. The normalized spacial score (nSPS) is 13.1. The first-order chi connectivity index (χ1) is 11.1. The van der Waals surface area contributed by atoms with E-state index in [-0.39, 0.29) is 0 Å². The van der Waals surface area contributed by atoms with Gasteiger partial charge in [0.2, 0.25) is 0 Å². The minimum atomic E-state index is 0.829. The van der Waals surface area contributed by atoms with E-state index < -0.39 is 0 Å². The molecule has 118 valence electrons. The second-order valence-corrected chi connectivity index (χ2v) is 5.45. The standard InChI is InChI=1S/C14H14O.C7H9N/c1-12-6-5-9-14(11-10-12)15-13-7-3-2-4-8-13;1-6-2-4-7(8)5-3-6/h2-4,6-11H,5H2,1H3;2-5H,8H2,1H3. The van der Waals surface area contributed by atoms with E-state index in [1.54, 1.807) is 0 Å². The minimum Gasteiger partial charge on any atom is -0.458 e. The summed E-state index contributed by atoms with van der Waals surface area (Å²) in [7, 11) is 0. The molecule has 0 amide bonds. The van der Waals surface area contributed by atoms with Gasteiger partial charge in [0.1, 0.15) is 11.5 Å². The zero-order valence-corrected chi connectivity index (χ0v) is 13.7. The van der Waals surface area contributed by atoms with Gasteiger partial charge >= 0.3 is 0 Å². The SMILES string of the molecule is CC1=CCC=C(Oc2ccccc2)C=C1.Cc1ccc(N)cc1. The number of nitrogen functional groups attached to an aromatic ring is 1. The summed E-state index contributed by atoms with van der Waals surface area (Å²) in [4.78, 5) is 0. The maximum Gasteiger partial charge on any atom is 0.127 e. The molecule has 0 fully saturated rings. The lowest BCUT2D eigenvalue weighted by molar-refractivity contribution is 0.443. The number of benzene rings is 2. The van der Waals surface area contributed by atoms with Crippen LogP contribution in [0.25, 0.3) is 0 Å². The maximum absolute atomic E-state index is 5.72. The highest BCUT2D eigenvalue weighted by molar-refractivity contribution is 5.38. The predicted molar refractivity (Wildman–Crippen MR) is 98.3 cm³/mol. The molecule has 0 saturated heterocycles. The van der Waals surface area contributed by atoms with Gasteiger partial charge in [-0.1, -0.05) is 53.6 Å². The monoisotopic (exact) mass is 305 g/mol. The summed E-state index contributed by atoms with van der Waals surface area (Å²) in [6.45, 7) is 4.13. The molecule has 0 aliphatic heterocycles. The molecule has 0 spiro atoms. The van der Waals surface area contributed by atoms with Gasteiger partial charge in [0.05, 0.1) is 0 Å². The van der Waals surface area contributed by atoms with Crippen molar-refractivity contribution in [1.29, 1.82) is 0 Å². The highest BCUT2D eigenvalue weighted by Gasteiger charge is 1.98. The summed E-state index contributed by atoms with van der Waals surface area (Å²) in [5.74, 6) is 1.79. The Balaban J connectivity index is 0.000000203. The van der Waals surface area contributed by atoms with E-state index in [0.29, 0.717) is 0 Å². The van der Waals surface area contributed by atoms with Crippen LogP contribution in [0.1, 0.15) is 18.9 Å². The summed E-state index contributed by atoms with van der Waals surface area (Å²) in [5.41, 5.74) is 8.78. The molecule has 2 nitrogen and oxygen atoms in total. The Hall–Kier alpha value is -2.74. The van der Waals surface area contributed by atoms with Crippen molar-refractivity contribution in [3.05, 3.63) is 95.8 Å². The molecule has 0 aromatic heterocycles. The number of hydrogen-bond acceptors (Lipinski definition) is 2. The lowest BCUT2D eigenvalue weighted by Gasteiger charge is -2.04. The molecule has 1 aliphatic carbocycles. The number of hydrogen-bond donors (Lipinski definition) is 1. The molecule has 3 rings (SSSR count). The number of aryl methyl sites for hydroxylation is 1. The summed E-state index contributed by atoms with van der Waals surface area (Å²) in [6.07, 6.45) is 9.27. The van der Waals surface area contributed by atoms with Crippen LogP contribution in [0.15, 0.2) is 90.2 Å². The Kier molecular flexibility index (Phi) is 6.25. The Labute approximate surface area is 138 Å². The summed E-state index contributed by atoms with van der Waals surface area (Å²) in [5, 5.41) is 0. The van der Waals surface area contributed by atoms with Crippen molar-refractivity contribution >= 4 is 5.69 Å². The molecule has 0 bridgehead atoms. The van der Waals surface area contributed by atoms with Crippen LogP contribution < -0.4 is 10.5 Å². The fourth-order valence-corrected chi connectivity index (χ4v) is 1.98. The first-order valence-corrected chi connectivity index (χ1v) is 7.73. The number of para-hydroxylation sites is 1. The second-order valence-electron chi connectivity index (χ2n) is 5.45. The van der Waals surface area contributed by atoms with Crippen LogP contribution in [-0.2, 0) is 0 Å². The van der Waals surface area contributed by atoms with Crippen LogP contribution in [0.4, 0.5) is 5.69 Å². The molecule has 2 heteroatoms. The Morgan fingerprint density at radius 1 is 0.826 bits per heavy atom. The van der Waals surface area contributed by atoms with E-state index in [4.69, 9.17) is 10.5 Å². The van der Waals surface area contributed by atoms with Gasteiger partial charge in [0, 0.05) is 5.69 Å². The van der Waals surface area contributed by atoms with Crippen molar-refractivity contribution < 1.29 is 4.74 Å². The Morgan fingerprint density at radius 3 is 2.17 bits per heavy atom. The zero-order chi connectivity index (χ0) is 16.5. The molecular weight excluding hydrogens is 282 g/mol. The van der Waals surface area contributed by atoms with Gasteiger partial charge in [-0.15, -0.1) is 0 Å². The summed E-state index contributed by atoms with van der Waals surface area (Å²) >= 11 is 0. The van der Waals surface area contributed by atoms with Crippen molar-refractivity contribution in [3.8, 4) is 5.75 Å². The predicted octanol–water partition coefficient (Wildman–Crippen LogP) is 5.43. The average Bonchev–Trinajstić information content (AvgIpc) is 2.77. The number of allylic oxidation sites excluding steroid dienone is 5. The number of rotatable bonds is 2. The van der Waals surface area contributed by atoms with E-state index in [9.17, 15) is 0 Å². The summed E-state index contributed by atoms with van der Waals surface area (Å²) < 4.78 is 5.72. The molecule has 2 aromatic rings. The fourth-order valence-electron chi connectivity index (χ4n) is 1.98. The third-order valence-electron chi connectivity index (χ3n) is 3.33. The van der Waals surface area contributed by atoms with Gasteiger partial charge in [-0.3, -0.25) is 0 Å². The van der Waals surface area contributed by atoms with Gasteiger partial charge in [-0.25, -0.2) is 0 Å². The van der Waals surface area contributed by atoms with Crippen molar-refractivity contribution in [2.75, 3.05) is 5.73 Å². The Bertz CT molecular complexity index is 673. The molecule has 1 aliphatic rings. The van der Waals surface area contributed by atoms with Crippen molar-refractivity contribution in [3.63, 3.8) is 0 Å². The van der Waals surface area contributed by atoms with Crippen LogP contribution >= 0.6 is 0 Å². The first-order valence-electron chi connectivity index (χ1n) is 7.73. The average molecular weight is 305 g/mol. The van der Waals surface area contributed by atoms with Crippen LogP contribution in [0.2, 0.25) is 0 Å². The molecule has 2 aromatic carbocycles. The molecule has 0 saturated carbocycles. The molecule has 23 heavy (non-hydrogen) atoms. The fraction of sp³-hybridized carbons (Fsp3) is 0.143. The number of anilines is 1. The van der Waals surface area contributed by atoms with E-state index in [2.05, 4.69) is 25.2 Å². The molecule has 0 heterocycles. The van der Waals surface area contributed by atoms with Gasteiger partial charge in [-0.05, 0) is 56.7 Å². The quantitative estimate of drug-likeness (QED) is 0.750. The van der Waals surface area contributed by atoms with Gasteiger partial charge in [-0.2, -0.15) is 0 Å². The maximum atomic E-state index is 5.72. The molecule has 0 atom stereocenters. The van der Waals surface area contributed by atoms with Crippen LogP contribution in [0.5, 0.6) is 5.75 Å². The van der Waals surface area contributed by atoms with Gasteiger partial charge in [0.25, 0.3) is 0 Å². The lowest BCUT2D eigenvalue weighted by Crippen LogP contribution is -1.91. The van der Waals surface area contributed by atoms with E-state index >= 15 is 0 Å². The van der Waals surface area contributed by atoms with Crippen molar-refractivity contribution in [1.82, 2.24) is 0 Å². The molecular formula is C21H23NO. The van der Waals surface area contributed by atoms with Crippen LogP contribution in [0.3, 0.4) is 0 Å². The third-order valence-corrected chi connectivity index (χ3v) is 3.33. The second kappa shape index (κ2) is 8.64. The van der Waals surface area contributed by atoms with E-state index in [1.165, 1.54) is 11.1 Å². The van der Waals surface area contributed by atoms with Gasteiger partial charge in [0.15, 0.2) is 0 Å². The topological polar surface area (TPSA) is 35.2 Å².